The molecule has 132 valence electrons. The van der Waals surface area contributed by atoms with Gasteiger partial charge < -0.3 is 14.8 Å². The number of hydrogen-bond donors (Lipinski definition) is 1. The molecule has 9 heteroatoms. The summed E-state index contributed by atoms with van der Waals surface area (Å²) in [5.41, 5.74) is 1.26. The van der Waals surface area contributed by atoms with E-state index >= 15 is 0 Å². The lowest BCUT2D eigenvalue weighted by Gasteiger charge is -2.18. The number of tetrazole rings is 1. The Hall–Kier alpha value is -3.13. The average Bonchev–Trinajstić information content (AvgIpc) is 3.10. The van der Waals surface area contributed by atoms with Gasteiger partial charge in [-0.2, -0.15) is 4.80 Å². The third kappa shape index (κ3) is 3.45. The van der Waals surface area contributed by atoms with Crippen LogP contribution in [-0.2, 0) is 11.3 Å². The van der Waals surface area contributed by atoms with E-state index in [0.29, 0.717) is 46.8 Å². The summed E-state index contributed by atoms with van der Waals surface area (Å²) >= 11 is 6.12. The number of anilines is 1. The van der Waals surface area contributed by atoms with Gasteiger partial charge >= 0.3 is 0 Å². The van der Waals surface area contributed by atoms with Crippen LogP contribution in [0.15, 0.2) is 42.5 Å². The fraction of sp³-hybridized carbons (Fsp3) is 0.176. The molecule has 26 heavy (non-hydrogen) atoms. The van der Waals surface area contributed by atoms with Gasteiger partial charge in [0, 0.05) is 17.3 Å². The van der Waals surface area contributed by atoms with Crippen LogP contribution in [0.1, 0.15) is 0 Å². The first-order valence-corrected chi connectivity index (χ1v) is 8.29. The van der Waals surface area contributed by atoms with Gasteiger partial charge in [0.15, 0.2) is 11.5 Å². The minimum atomic E-state index is -0.287. The highest BCUT2D eigenvalue weighted by Crippen LogP contribution is 2.32. The number of fused-ring (bicyclic) bond motifs is 1. The number of nitrogens with one attached hydrogen (secondary N) is 1. The van der Waals surface area contributed by atoms with Gasteiger partial charge in [0.05, 0.1) is 5.02 Å². The van der Waals surface area contributed by atoms with Crippen LogP contribution in [0.2, 0.25) is 5.02 Å². The summed E-state index contributed by atoms with van der Waals surface area (Å²) in [5.74, 6) is 1.35. The number of amides is 1. The maximum atomic E-state index is 12.2. The summed E-state index contributed by atoms with van der Waals surface area (Å²) in [5, 5.41) is 15.3. The molecule has 0 aliphatic carbocycles. The number of hydrogen-bond acceptors (Lipinski definition) is 6. The van der Waals surface area contributed by atoms with Gasteiger partial charge in [0.25, 0.3) is 0 Å². The molecule has 1 aliphatic heterocycles. The topological polar surface area (TPSA) is 91.2 Å². The summed E-state index contributed by atoms with van der Waals surface area (Å²) < 4.78 is 11.0. The minimum Gasteiger partial charge on any atom is -0.486 e. The number of rotatable bonds is 4. The highest BCUT2D eigenvalue weighted by molar-refractivity contribution is 6.33. The first-order chi connectivity index (χ1) is 12.7. The monoisotopic (exact) mass is 371 g/mol. The summed E-state index contributed by atoms with van der Waals surface area (Å²) in [4.78, 5) is 13.4. The lowest BCUT2D eigenvalue weighted by Crippen LogP contribution is -2.21. The second kappa shape index (κ2) is 7.01. The molecule has 0 bridgehead atoms. The molecule has 8 nitrogen and oxygen atoms in total. The molecule has 0 fully saturated rings. The van der Waals surface area contributed by atoms with Crippen LogP contribution >= 0.6 is 11.6 Å². The van der Waals surface area contributed by atoms with Crippen molar-refractivity contribution in [3.63, 3.8) is 0 Å². The van der Waals surface area contributed by atoms with E-state index in [2.05, 4.69) is 20.7 Å². The Kier molecular flexibility index (Phi) is 4.40. The van der Waals surface area contributed by atoms with Crippen molar-refractivity contribution in [1.82, 2.24) is 20.2 Å². The summed E-state index contributed by atoms with van der Waals surface area (Å²) in [6.07, 6.45) is 0. The van der Waals surface area contributed by atoms with Crippen molar-refractivity contribution in [3.05, 3.63) is 47.5 Å². The van der Waals surface area contributed by atoms with E-state index < -0.39 is 0 Å². The zero-order chi connectivity index (χ0) is 17.9. The molecule has 2 aromatic carbocycles. The first kappa shape index (κ1) is 16.3. The smallest absolute Gasteiger partial charge is 0.248 e. The van der Waals surface area contributed by atoms with Gasteiger partial charge in [0.2, 0.25) is 11.7 Å². The van der Waals surface area contributed by atoms with Crippen molar-refractivity contribution in [3.8, 4) is 22.9 Å². The van der Waals surface area contributed by atoms with E-state index in [4.69, 9.17) is 21.1 Å². The van der Waals surface area contributed by atoms with E-state index in [-0.39, 0.29) is 12.5 Å². The third-order valence-electron chi connectivity index (χ3n) is 3.68. The molecule has 4 rings (SSSR count). The number of halogens is 1. The maximum Gasteiger partial charge on any atom is 0.248 e. The molecule has 1 aliphatic rings. The Morgan fingerprint density at radius 3 is 2.81 bits per heavy atom. The Morgan fingerprint density at radius 1 is 1.15 bits per heavy atom. The Labute approximate surface area is 153 Å². The standard InChI is InChI=1S/C17H14ClN5O3/c18-13-4-2-1-3-12(13)17-20-22-23(21-17)10-16(24)19-11-5-6-14-15(9-11)26-8-7-25-14/h1-6,9H,7-8,10H2,(H,19,24). The molecular formula is C17H14ClN5O3. The van der Waals surface area contributed by atoms with Crippen LogP contribution in [0.5, 0.6) is 11.5 Å². The lowest BCUT2D eigenvalue weighted by atomic mass is 10.2. The molecule has 1 aromatic heterocycles. The lowest BCUT2D eigenvalue weighted by molar-refractivity contribution is -0.117. The third-order valence-corrected chi connectivity index (χ3v) is 4.01. The predicted octanol–water partition coefficient (Wildman–Crippen LogP) is 2.40. The van der Waals surface area contributed by atoms with Gasteiger partial charge in [-0.15, -0.1) is 10.2 Å². The number of nitrogens with zero attached hydrogens (tertiary/aromatic N) is 4. The molecule has 0 saturated heterocycles. The molecule has 0 spiro atoms. The zero-order valence-corrected chi connectivity index (χ0v) is 14.3. The maximum absolute atomic E-state index is 12.2. The largest absolute Gasteiger partial charge is 0.486 e. The molecule has 0 atom stereocenters. The molecule has 0 saturated carbocycles. The SMILES string of the molecule is O=C(Cn1nnc(-c2ccccc2Cl)n1)Nc1ccc2c(c1)OCCO2. The van der Waals surface area contributed by atoms with Crippen LogP contribution < -0.4 is 14.8 Å². The van der Waals surface area contributed by atoms with Crippen molar-refractivity contribution in [1.29, 1.82) is 0 Å². The van der Waals surface area contributed by atoms with E-state index in [0.717, 1.165) is 0 Å². The minimum absolute atomic E-state index is 0.0775. The fourth-order valence-corrected chi connectivity index (χ4v) is 2.73. The Bertz CT molecular complexity index is 959. The summed E-state index contributed by atoms with van der Waals surface area (Å²) in [6, 6.07) is 12.4. The average molecular weight is 372 g/mol. The van der Waals surface area contributed by atoms with Crippen molar-refractivity contribution in [2.45, 2.75) is 6.54 Å². The van der Waals surface area contributed by atoms with Crippen molar-refractivity contribution >= 4 is 23.2 Å². The predicted molar refractivity (Wildman–Crippen MR) is 94.3 cm³/mol. The van der Waals surface area contributed by atoms with E-state index in [9.17, 15) is 4.79 Å². The molecular weight excluding hydrogens is 358 g/mol. The normalized spacial score (nSPS) is 12.7. The highest BCUT2D eigenvalue weighted by atomic mass is 35.5. The summed E-state index contributed by atoms with van der Waals surface area (Å²) in [7, 11) is 0. The fourth-order valence-electron chi connectivity index (χ4n) is 2.51. The van der Waals surface area contributed by atoms with Gasteiger partial charge in [0.1, 0.15) is 19.8 Å². The number of aromatic nitrogens is 4. The zero-order valence-electron chi connectivity index (χ0n) is 13.6. The van der Waals surface area contributed by atoms with Crippen molar-refractivity contribution in [2.75, 3.05) is 18.5 Å². The second-order valence-electron chi connectivity index (χ2n) is 5.53. The van der Waals surface area contributed by atoms with Crippen LogP contribution in [0.4, 0.5) is 5.69 Å². The van der Waals surface area contributed by atoms with Gasteiger partial charge in [-0.25, -0.2) is 0 Å². The Morgan fingerprint density at radius 2 is 1.96 bits per heavy atom. The summed E-state index contributed by atoms with van der Waals surface area (Å²) in [6.45, 7) is 0.925. The van der Waals surface area contributed by atoms with E-state index in [1.807, 2.05) is 12.1 Å². The van der Waals surface area contributed by atoms with Crippen LogP contribution in [0.25, 0.3) is 11.4 Å². The number of benzene rings is 2. The number of carbonyl (C=O) groups excluding carboxylic acids is 1. The Balaban J connectivity index is 1.43. The van der Waals surface area contributed by atoms with E-state index in [1.165, 1.54) is 4.80 Å². The van der Waals surface area contributed by atoms with Crippen molar-refractivity contribution in [2.24, 2.45) is 0 Å². The molecule has 1 amide bonds. The molecule has 3 aromatic rings. The van der Waals surface area contributed by atoms with Crippen LogP contribution in [0, 0.1) is 0 Å². The van der Waals surface area contributed by atoms with Gasteiger partial charge in [-0.1, -0.05) is 23.7 Å². The van der Waals surface area contributed by atoms with Gasteiger partial charge in [-0.05, 0) is 29.5 Å². The van der Waals surface area contributed by atoms with Crippen LogP contribution in [-0.4, -0.2) is 39.3 Å². The first-order valence-electron chi connectivity index (χ1n) is 7.91. The number of carbonyl (C=O) groups is 1. The number of ether oxygens (including phenoxy) is 2. The molecule has 2 heterocycles. The molecule has 0 unspecified atom stereocenters. The quantitative estimate of drug-likeness (QED) is 0.757. The molecule has 0 radical (unpaired) electrons. The van der Waals surface area contributed by atoms with Crippen molar-refractivity contribution < 1.29 is 14.3 Å². The molecule has 1 N–H and O–H groups in total. The van der Waals surface area contributed by atoms with Crippen LogP contribution in [0.3, 0.4) is 0 Å². The second-order valence-corrected chi connectivity index (χ2v) is 5.94. The highest BCUT2D eigenvalue weighted by Gasteiger charge is 2.14. The van der Waals surface area contributed by atoms with E-state index in [1.54, 1.807) is 30.3 Å². The van der Waals surface area contributed by atoms with Gasteiger partial charge in [-0.3, -0.25) is 4.79 Å².